The predicted molar refractivity (Wildman–Crippen MR) is 83.9 cm³/mol. The fourth-order valence-corrected chi connectivity index (χ4v) is 1.93. The molecule has 0 fully saturated rings. The lowest BCUT2D eigenvalue weighted by atomic mass is 10.1. The van der Waals surface area contributed by atoms with Crippen LogP contribution < -0.4 is 15.4 Å². The second-order valence-corrected chi connectivity index (χ2v) is 4.80. The van der Waals surface area contributed by atoms with Gasteiger partial charge in [-0.1, -0.05) is 0 Å². The number of carbonyl (C=O) groups is 1. The fourth-order valence-electron chi connectivity index (χ4n) is 1.93. The van der Waals surface area contributed by atoms with Gasteiger partial charge < -0.3 is 20.3 Å². The van der Waals surface area contributed by atoms with Crippen LogP contribution in [0.4, 0.5) is 10.6 Å². The van der Waals surface area contributed by atoms with E-state index in [1.54, 1.807) is 27.4 Å². The first-order valence-corrected chi connectivity index (χ1v) is 6.73. The van der Waals surface area contributed by atoms with Crippen LogP contribution in [-0.2, 0) is 0 Å². The van der Waals surface area contributed by atoms with E-state index in [9.17, 15) is 4.79 Å². The summed E-state index contributed by atoms with van der Waals surface area (Å²) in [5.41, 5.74) is 0. The standard InChI is InChI=1S/C15H20N4O2/c1-19(2)15(20)18-9-8-17-14-13-5-4-12(21-3)10-11(13)6-7-16-14/h4-7,10H,8-9H2,1-3H3,(H,16,17)(H,18,20). The number of hydrogen-bond donors (Lipinski definition) is 2. The van der Waals surface area contributed by atoms with Crippen LogP contribution in [0.1, 0.15) is 0 Å². The van der Waals surface area contributed by atoms with Crippen LogP contribution in [0.2, 0.25) is 0 Å². The molecular formula is C15H20N4O2. The van der Waals surface area contributed by atoms with Gasteiger partial charge in [-0.2, -0.15) is 0 Å². The van der Waals surface area contributed by atoms with Gasteiger partial charge in [0.15, 0.2) is 0 Å². The Kier molecular flexibility index (Phi) is 4.81. The van der Waals surface area contributed by atoms with E-state index < -0.39 is 0 Å². The average Bonchev–Trinajstić information content (AvgIpc) is 2.50. The summed E-state index contributed by atoms with van der Waals surface area (Å²) in [6.07, 6.45) is 1.75. The average molecular weight is 288 g/mol. The van der Waals surface area contributed by atoms with E-state index in [0.717, 1.165) is 22.3 Å². The van der Waals surface area contributed by atoms with Crippen molar-refractivity contribution in [1.29, 1.82) is 0 Å². The van der Waals surface area contributed by atoms with Crippen LogP contribution in [0.5, 0.6) is 5.75 Å². The zero-order valence-electron chi connectivity index (χ0n) is 12.5. The highest BCUT2D eigenvalue weighted by molar-refractivity contribution is 5.92. The molecule has 0 saturated carbocycles. The monoisotopic (exact) mass is 288 g/mol. The first-order valence-electron chi connectivity index (χ1n) is 6.73. The molecule has 0 aliphatic carbocycles. The van der Waals surface area contributed by atoms with E-state index in [4.69, 9.17) is 4.74 Å². The lowest BCUT2D eigenvalue weighted by Gasteiger charge is -2.13. The topological polar surface area (TPSA) is 66.5 Å². The Morgan fingerprint density at radius 3 is 2.81 bits per heavy atom. The third-order valence-electron chi connectivity index (χ3n) is 3.07. The molecule has 6 nitrogen and oxygen atoms in total. The molecule has 0 atom stereocenters. The molecule has 112 valence electrons. The molecule has 21 heavy (non-hydrogen) atoms. The molecule has 2 rings (SSSR count). The predicted octanol–water partition coefficient (Wildman–Crippen LogP) is 1.93. The van der Waals surface area contributed by atoms with Crippen molar-refractivity contribution in [2.24, 2.45) is 0 Å². The molecule has 1 aromatic heterocycles. The van der Waals surface area contributed by atoms with Crippen molar-refractivity contribution < 1.29 is 9.53 Å². The van der Waals surface area contributed by atoms with Gasteiger partial charge in [0.2, 0.25) is 0 Å². The smallest absolute Gasteiger partial charge is 0.316 e. The number of rotatable bonds is 5. The number of aromatic nitrogens is 1. The number of hydrogen-bond acceptors (Lipinski definition) is 4. The van der Waals surface area contributed by atoms with E-state index in [0.29, 0.717) is 13.1 Å². The maximum absolute atomic E-state index is 11.4. The number of carbonyl (C=O) groups excluding carboxylic acids is 1. The van der Waals surface area contributed by atoms with E-state index in [2.05, 4.69) is 15.6 Å². The van der Waals surface area contributed by atoms with Crippen LogP contribution in [0.15, 0.2) is 30.5 Å². The number of anilines is 1. The normalized spacial score (nSPS) is 10.2. The lowest BCUT2D eigenvalue weighted by Crippen LogP contribution is -2.37. The Morgan fingerprint density at radius 1 is 1.29 bits per heavy atom. The highest BCUT2D eigenvalue weighted by Crippen LogP contribution is 2.24. The Balaban J connectivity index is 2.00. The Bertz CT molecular complexity index is 628. The summed E-state index contributed by atoms with van der Waals surface area (Å²) < 4.78 is 5.22. The number of methoxy groups -OCH3 is 1. The molecule has 0 radical (unpaired) electrons. The number of nitrogens with one attached hydrogen (secondary N) is 2. The van der Waals surface area contributed by atoms with Crippen molar-refractivity contribution in [3.05, 3.63) is 30.5 Å². The quantitative estimate of drug-likeness (QED) is 0.825. The van der Waals surface area contributed by atoms with Crippen LogP contribution in [-0.4, -0.2) is 50.2 Å². The highest BCUT2D eigenvalue weighted by Gasteiger charge is 2.04. The molecule has 0 spiro atoms. The number of amides is 2. The highest BCUT2D eigenvalue weighted by atomic mass is 16.5. The molecule has 0 aliphatic rings. The lowest BCUT2D eigenvalue weighted by molar-refractivity contribution is 0.218. The summed E-state index contributed by atoms with van der Waals surface area (Å²) in [4.78, 5) is 17.2. The van der Waals surface area contributed by atoms with Crippen LogP contribution in [0.25, 0.3) is 10.8 Å². The molecule has 2 amide bonds. The molecule has 1 heterocycles. The zero-order valence-corrected chi connectivity index (χ0v) is 12.5. The maximum Gasteiger partial charge on any atom is 0.316 e. The summed E-state index contributed by atoms with van der Waals surface area (Å²) in [5.74, 6) is 1.62. The van der Waals surface area contributed by atoms with Gasteiger partial charge in [-0.25, -0.2) is 9.78 Å². The summed E-state index contributed by atoms with van der Waals surface area (Å²) >= 11 is 0. The van der Waals surface area contributed by atoms with E-state index in [-0.39, 0.29) is 6.03 Å². The first kappa shape index (κ1) is 14.9. The number of pyridine rings is 1. The molecule has 0 aliphatic heterocycles. The van der Waals surface area contributed by atoms with E-state index in [1.807, 2.05) is 24.3 Å². The second-order valence-electron chi connectivity index (χ2n) is 4.80. The van der Waals surface area contributed by atoms with Crippen LogP contribution >= 0.6 is 0 Å². The van der Waals surface area contributed by atoms with Gasteiger partial charge in [-0.3, -0.25) is 0 Å². The molecule has 2 N–H and O–H groups in total. The van der Waals surface area contributed by atoms with Crippen molar-refractivity contribution in [2.45, 2.75) is 0 Å². The molecule has 0 bridgehead atoms. The number of nitrogens with zero attached hydrogens (tertiary/aromatic N) is 2. The number of fused-ring (bicyclic) bond motifs is 1. The molecule has 2 aromatic rings. The molecule has 6 heteroatoms. The molecular weight excluding hydrogens is 268 g/mol. The maximum atomic E-state index is 11.4. The Morgan fingerprint density at radius 2 is 2.10 bits per heavy atom. The molecule has 0 saturated heterocycles. The number of benzene rings is 1. The third kappa shape index (κ3) is 3.75. The van der Waals surface area contributed by atoms with Gasteiger partial charge in [-0.05, 0) is 29.7 Å². The second kappa shape index (κ2) is 6.78. The SMILES string of the molecule is COc1ccc2c(NCCNC(=O)N(C)C)nccc2c1. The van der Waals surface area contributed by atoms with Crippen molar-refractivity contribution in [3.63, 3.8) is 0 Å². The van der Waals surface area contributed by atoms with Crippen molar-refractivity contribution in [2.75, 3.05) is 39.6 Å². The summed E-state index contributed by atoms with van der Waals surface area (Å²) in [6.45, 7) is 1.14. The largest absolute Gasteiger partial charge is 0.497 e. The molecule has 0 unspecified atom stereocenters. The van der Waals surface area contributed by atoms with Crippen LogP contribution in [0, 0.1) is 0 Å². The van der Waals surface area contributed by atoms with Crippen LogP contribution in [0.3, 0.4) is 0 Å². The van der Waals surface area contributed by atoms with Crippen molar-refractivity contribution in [3.8, 4) is 5.75 Å². The van der Waals surface area contributed by atoms with Crippen molar-refractivity contribution >= 4 is 22.6 Å². The zero-order chi connectivity index (χ0) is 15.2. The van der Waals surface area contributed by atoms with Gasteiger partial charge in [0.05, 0.1) is 7.11 Å². The minimum Gasteiger partial charge on any atom is -0.497 e. The summed E-state index contributed by atoms with van der Waals surface area (Å²) in [6, 6.07) is 7.69. The number of urea groups is 1. The van der Waals surface area contributed by atoms with Gasteiger partial charge >= 0.3 is 6.03 Å². The summed E-state index contributed by atoms with van der Waals surface area (Å²) in [5, 5.41) is 8.11. The Hall–Kier alpha value is -2.50. The first-order chi connectivity index (χ1) is 10.1. The minimum absolute atomic E-state index is 0.104. The summed E-state index contributed by atoms with van der Waals surface area (Å²) in [7, 11) is 5.07. The number of ether oxygens (including phenoxy) is 1. The van der Waals surface area contributed by atoms with Gasteiger partial charge in [-0.15, -0.1) is 0 Å². The van der Waals surface area contributed by atoms with E-state index in [1.165, 1.54) is 4.90 Å². The van der Waals surface area contributed by atoms with Gasteiger partial charge in [0.25, 0.3) is 0 Å². The third-order valence-corrected chi connectivity index (χ3v) is 3.07. The fraction of sp³-hybridized carbons (Fsp3) is 0.333. The van der Waals surface area contributed by atoms with Gasteiger partial charge in [0, 0.05) is 38.8 Å². The Labute approximate surface area is 124 Å². The van der Waals surface area contributed by atoms with Crippen molar-refractivity contribution in [1.82, 2.24) is 15.2 Å². The minimum atomic E-state index is -0.104. The van der Waals surface area contributed by atoms with E-state index >= 15 is 0 Å². The molecule has 1 aromatic carbocycles. The van der Waals surface area contributed by atoms with Gasteiger partial charge in [0.1, 0.15) is 11.6 Å².